The van der Waals surface area contributed by atoms with Crippen molar-refractivity contribution in [2.24, 2.45) is 0 Å². The summed E-state index contributed by atoms with van der Waals surface area (Å²) in [6.45, 7) is 2.71. The van der Waals surface area contributed by atoms with E-state index in [-0.39, 0.29) is 24.5 Å². The van der Waals surface area contributed by atoms with E-state index in [0.29, 0.717) is 22.0 Å². The summed E-state index contributed by atoms with van der Waals surface area (Å²) >= 11 is 6.20. The average Bonchev–Trinajstić information content (AvgIpc) is 2.73. The number of fused-ring (bicyclic) bond motifs is 1. The summed E-state index contributed by atoms with van der Waals surface area (Å²) < 4.78 is 5.57. The maximum atomic E-state index is 12.9. The number of hydrogen-bond donors (Lipinski definition) is 1. The van der Waals surface area contributed by atoms with E-state index in [2.05, 4.69) is 34.5 Å². The van der Waals surface area contributed by atoms with Gasteiger partial charge in [-0.1, -0.05) is 41.9 Å². The van der Waals surface area contributed by atoms with Gasteiger partial charge in [-0.15, -0.1) is 0 Å². The summed E-state index contributed by atoms with van der Waals surface area (Å²) in [5.74, 6) is 0.0282. The SMILES string of the molecule is CN1C(=O)COc2c(C(=O)NC3CCN(Cc4ccccc4)CC3)cc(Cl)cc21. The van der Waals surface area contributed by atoms with Gasteiger partial charge < -0.3 is 15.0 Å². The molecular weight excluding hydrogens is 390 g/mol. The molecule has 1 fully saturated rings. The highest BCUT2D eigenvalue weighted by Crippen LogP contribution is 2.37. The third kappa shape index (κ3) is 4.38. The number of nitrogens with one attached hydrogen (secondary N) is 1. The average molecular weight is 414 g/mol. The van der Waals surface area contributed by atoms with E-state index in [1.807, 2.05) is 6.07 Å². The molecule has 0 spiro atoms. The molecule has 2 aromatic carbocycles. The molecule has 0 saturated carbocycles. The van der Waals surface area contributed by atoms with Crippen LogP contribution in [-0.2, 0) is 11.3 Å². The zero-order valence-electron chi connectivity index (χ0n) is 16.4. The van der Waals surface area contributed by atoms with Gasteiger partial charge in [0.1, 0.15) is 0 Å². The lowest BCUT2D eigenvalue weighted by Crippen LogP contribution is -2.44. The van der Waals surface area contributed by atoms with Gasteiger partial charge in [-0.05, 0) is 30.5 Å². The molecule has 0 atom stereocenters. The minimum atomic E-state index is -0.215. The Morgan fingerprint density at radius 3 is 2.66 bits per heavy atom. The van der Waals surface area contributed by atoms with Gasteiger partial charge >= 0.3 is 0 Å². The van der Waals surface area contributed by atoms with Crippen LogP contribution in [-0.4, -0.2) is 49.5 Å². The van der Waals surface area contributed by atoms with Crippen LogP contribution in [0, 0.1) is 0 Å². The Balaban J connectivity index is 1.39. The highest BCUT2D eigenvalue weighted by molar-refractivity contribution is 6.31. The number of anilines is 1. The molecular formula is C22H24ClN3O3. The van der Waals surface area contributed by atoms with Crippen molar-refractivity contribution in [2.75, 3.05) is 31.6 Å². The zero-order chi connectivity index (χ0) is 20.4. The molecule has 2 aromatic rings. The number of nitrogens with zero attached hydrogens (tertiary/aromatic N) is 2. The van der Waals surface area contributed by atoms with E-state index in [9.17, 15) is 9.59 Å². The van der Waals surface area contributed by atoms with Crippen LogP contribution in [0.2, 0.25) is 5.02 Å². The maximum absolute atomic E-state index is 12.9. The van der Waals surface area contributed by atoms with Crippen LogP contribution < -0.4 is 15.0 Å². The molecule has 6 nitrogen and oxygen atoms in total. The first-order valence-corrected chi connectivity index (χ1v) is 10.2. The Morgan fingerprint density at radius 1 is 1.21 bits per heavy atom. The van der Waals surface area contributed by atoms with Gasteiger partial charge in [-0.25, -0.2) is 0 Å². The van der Waals surface area contributed by atoms with Crippen LogP contribution in [0.5, 0.6) is 5.75 Å². The van der Waals surface area contributed by atoms with Crippen molar-refractivity contribution in [3.63, 3.8) is 0 Å². The highest BCUT2D eigenvalue weighted by Gasteiger charge is 2.29. The first-order valence-electron chi connectivity index (χ1n) is 9.81. The van der Waals surface area contributed by atoms with Crippen LogP contribution in [0.15, 0.2) is 42.5 Å². The Morgan fingerprint density at radius 2 is 1.93 bits per heavy atom. The van der Waals surface area contributed by atoms with Crippen molar-refractivity contribution in [1.82, 2.24) is 10.2 Å². The molecule has 0 aliphatic carbocycles. The second kappa shape index (κ2) is 8.43. The lowest BCUT2D eigenvalue weighted by molar-refractivity contribution is -0.121. The largest absolute Gasteiger partial charge is 0.481 e. The molecule has 2 aliphatic heterocycles. The van der Waals surface area contributed by atoms with Gasteiger partial charge in [-0.3, -0.25) is 14.5 Å². The number of ether oxygens (including phenoxy) is 1. The van der Waals surface area contributed by atoms with Crippen molar-refractivity contribution in [3.05, 3.63) is 58.6 Å². The second-order valence-corrected chi connectivity index (χ2v) is 7.99. The Labute approximate surface area is 175 Å². The van der Waals surface area contributed by atoms with E-state index in [1.54, 1.807) is 19.2 Å². The van der Waals surface area contributed by atoms with Crippen LogP contribution in [0.4, 0.5) is 5.69 Å². The maximum Gasteiger partial charge on any atom is 0.264 e. The van der Waals surface area contributed by atoms with Crippen molar-refractivity contribution in [2.45, 2.75) is 25.4 Å². The molecule has 4 rings (SSSR count). The van der Waals surface area contributed by atoms with Gasteiger partial charge in [0.2, 0.25) is 0 Å². The van der Waals surface area contributed by atoms with Crippen LogP contribution in [0.1, 0.15) is 28.8 Å². The number of piperidine rings is 1. The van der Waals surface area contributed by atoms with Gasteiger partial charge in [0, 0.05) is 37.7 Å². The predicted molar refractivity (Wildman–Crippen MR) is 113 cm³/mol. The Hall–Kier alpha value is -2.57. The number of halogens is 1. The summed E-state index contributed by atoms with van der Waals surface area (Å²) in [5, 5.41) is 3.52. The minimum Gasteiger partial charge on any atom is -0.481 e. The Kier molecular flexibility index (Phi) is 5.74. The van der Waals surface area contributed by atoms with Crippen molar-refractivity contribution < 1.29 is 14.3 Å². The summed E-state index contributed by atoms with van der Waals surface area (Å²) in [6, 6.07) is 13.8. The number of likely N-dealkylation sites (tertiary alicyclic amines) is 1. The third-order valence-electron chi connectivity index (χ3n) is 5.53. The fourth-order valence-corrected chi connectivity index (χ4v) is 4.07. The molecule has 2 heterocycles. The predicted octanol–water partition coefficient (Wildman–Crippen LogP) is 3.09. The van der Waals surface area contributed by atoms with E-state index >= 15 is 0 Å². The lowest BCUT2D eigenvalue weighted by atomic mass is 10.0. The third-order valence-corrected chi connectivity index (χ3v) is 5.74. The number of benzene rings is 2. The number of hydrogen-bond acceptors (Lipinski definition) is 4. The quantitative estimate of drug-likeness (QED) is 0.836. The number of carbonyl (C=O) groups excluding carboxylic acids is 2. The van der Waals surface area contributed by atoms with Crippen LogP contribution in [0.25, 0.3) is 0 Å². The summed E-state index contributed by atoms with van der Waals surface area (Å²) in [5.41, 5.74) is 2.20. The number of carbonyl (C=O) groups is 2. The van der Waals surface area contributed by atoms with E-state index < -0.39 is 0 Å². The molecule has 2 aliphatic rings. The summed E-state index contributed by atoms with van der Waals surface area (Å²) in [4.78, 5) is 28.7. The molecule has 0 unspecified atom stereocenters. The van der Waals surface area contributed by atoms with Gasteiger partial charge in [0.25, 0.3) is 11.8 Å². The molecule has 29 heavy (non-hydrogen) atoms. The molecule has 0 bridgehead atoms. The summed E-state index contributed by atoms with van der Waals surface area (Å²) in [6.07, 6.45) is 1.78. The van der Waals surface area contributed by atoms with Crippen molar-refractivity contribution >= 4 is 29.1 Å². The fourth-order valence-electron chi connectivity index (χ4n) is 3.85. The summed E-state index contributed by atoms with van der Waals surface area (Å²) in [7, 11) is 1.66. The molecule has 152 valence electrons. The van der Waals surface area contributed by atoms with Crippen LogP contribution >= 0.6 is 11.6 Å². The molecule has 1 saturated heterocycles. The first kappa shape index (κ1) is 19.7. The van der Waals surface area contributed by atoms with Gasteiger partial charge in [0.05, 0.1) is 11.3 Å². The number of likely N-dealkylation sites (N-methyl/N-ethyl adjacent to an activating group) is 1. The van der Waals surface area contributed by atoms with E-state index in [4.69, 9.17) is 16.3 Å². The van der Waals surface area contributed by atoms with Crippen molar-refractivity contribution in [3.8, 4) is 5.75 Å². The molecule has 0 radical (unpaired) electrons. The van der Waals surface area contributed by atoms with Crippen molar-refractivity contribution in [1.29, 1.82) is 0 Å². The normalized spacial score (nSPS) is 17.6. The molecule has 2 amide bonds. The molecule has 0 aromatic heterocycles. The van der Waals surface area contributed by atoms with E-state index in [0.717, 1.165) is 32.5 Å². The lowest BCUT2D eigenvalue weighted by Gasteiger charge is -2.33. The van der Waals surface area contributed by atoms with Crippen LogP contribution in [0.3, 0.4) is 0 Å². The van der Waals surface area contributed by atoms with Gasteiger partial charge in [-0.2, -0.15) is 0 Å². The fraction of sp³-hybridized carbons (Fsp3) is 0.364. The van der Waals surface area contributed by atoms with E-state index in [1.165, 1.54) is 10.5 Å². The standard InChI is InChI=1S/C22H24ClN3O3/c1-25-19-12-16(23)11-18(21(19)29-14-20(25)27)22(28)24-17-7-9-26(10-8-17)13-15-5-3-2-4-6-15/h2-6,11-12,17H,7-10,13-14H2,1H3,(H,24,28). The molecule has 7 heteroatoms. The minimum absolute atomic E-state index is 0.0801. The number of amides is 2. The smallest absolute Gasteiger partial charge is 0.264 e. The first-order chi connectivity index (χ1) is 14.0. The van der Waals surface area contributed by atoms with Gasteiger partial charge in [0.15, 0.2) is 12.4 Å². The number of rotatable bonds is 4. The zero-order valence-corrected chi connectivity index (χ0v) is 17.1. The molecule has 1 N–H and O–H groups in total. The second-order valence-electron chi connectivity index (χ2n) is 7.55. The highest BCUT2D eigenvalue weighted by atomic mass is 35.5. The topological polar surface area (TPSA) is 61.9 Å². The Bertz CT molecular complexity index is 911. The monoisotopic (exact) mass is 413 g/mol.